The molecule has 0 atom stereocenters. The molecule has 2 aromatic rings. The summed E-state index contributed by atoms with van der Waals surface area (Å²) in [7, 11) is 0. The molecule has 1 N–H and O–H groups in total. The van der Waals surface area contributed by atoms with Crippen LogP contribution in [-0.2, 0) is 6.42 Å². The molecule has 0 amide bonds. The SMILES string of the molecule is O=C(O)c1ccc2c(c1)Cc1cncc(F)c1-2. The third-order valence-electron chi connectivity index (χ3n) is 2.98. The Hall–Kier alpha value is -2.23. The van der Waals surface area contributed by atoms with Crippen molar-refractivity contribution in [3.63, 3.8) is 0 Å². The van der Waals surface area contributed by atoms with Crippen LogP contribution in [0.5, 0.6) is 0 Å². The lowest BCUT2D eigenvalue weighted by atomic mass is 10.0. The molecule has 17 heavy (non-hydrogen) atoms. The molecule has 84 valence electrons. The van der Waals surface area contributed by atoms with Gasteiger partial charge in [0.15, 0.2) is 0 Å². The molecule has 4 heteroatoms. The maximum absolute atomic E-state index is 13.6. The summed E-state index contributed by atoms with van der Waals surface area (Å²) in [6, 6.07) is 4.75. The summed E-state index contributed by atoms with van der Waals surface area (Å²) in [5.74, 6) is -1.33. The molecule has 0 unspecified atom stereocenters. The van der Waals surface area contributed by atoms with Crippen LogP contribution in [-0.4, -0.2) is 16.1 Å². The van der Waals surface area contributed by atoms with Crippen molar-refractivity contribution in [2.75, 3.05) is 0 Å². The van der Waals surface area contributed by atoms with Gasteiger partial charge in [-0.05, 0) is 28.8 Å². The maximum Gasteiger partial charge on any atom is 0.335 e. The number of carboxylic acids is 1. The maximum atomic E-state index is 13.6. The Morgan fingerprint density at radius 2 is 2.12 bits per heavy atom. The zero-order valence-corrected chi connectivity index (χ0v) is 8.77. The minimum Gasteiger partial charge on any atom is -0.478 e. The van der Waals surface area contributed by atoms with Crippen LogP contribution in [0, 0.1) is 5.82 Å². The van der Waals surface area contributed by atoms with Gasteiger partial charge in [-0.1, -0.05) is 6.07 Å². The zero-order chi connectivity index (χ0) is 12.0. The molecule has 1 aromatic heterocycles. The van der Waals surface area contributed by atoms with Crippen molar-refractivity contribution in [1.29, 1.82) is 0 Å². The molecule has 0 bridgehead atoms. The highest BCUT2D eigenvalue weighted by Gasteiger charge is 2.23. The van der Waals surface area contributed by atoms with Gasteiger partial charge >= 0.3 is 5.97 Å². The summed E-state index contributed by atoms with van der Waals surface area (Å²) < 4.78 is 13.6. The van der Waals surface area contributed by atoms with Crippen molar-refractivity contribution in [3.05, 3.63) is 53.1 Å². The third kappa shape index (κ3) is 1.41. The van der Waals surface area contributed by atoms with Gasteiger partial charge in [0.05, 0.1) is 11.8 Å². The Morgan fingerprint density at radius 1 is 1.29 bits per heavy atom. The van der Waals surface area contributed by atoms with Crippen molar-refractivity contribution in [3.8, 4) is 11.1 Å². The van der Waals surface area contributed by atoms with Gasteiger partial charge in [0.25, 0.3) is 0 Å². The Labute approximate surface area is 96.6 Å². The van der Waals surface area contributed by atoms with E-state index in [1.54, 1.807) is 18.3 Å². The molecule has 0 fully saturated rings. The molecule has 0 aliphatic heterocycles. The minimum absolute atomic E-state index is 0.227. The van der Waals surface area contributed by atoms with Gasteiger partial charge in [0.2, 0.25) is 0 Å². The summed E-state index contributed by atoms with van der Waals surface area (Å²) in [6.07, 6.45) is 3.34. The fourth-order valence-corrected chi connectivity index (χ4v) is 2.23. The van der Waals surface area contributed by atoms with Crippen molar-refractivity contribution in [1.82, 2.24) is 4.98 Å². The van der Waals surface area contributed by atoms with Crippen LogP contribution in [0.4, 0.5) is 4.39 Å². The molecular weight excluding hydrogens is 221 g/mol. The molecule has 1 aliphatic rings. The van der Waals surface area contributed by atoms with Crippen LogP contribution in [0.15, 0.2) is 30.6 Å². The first-order chi connectivity index (χ1) is 8.16. The van der Waals surface area contributed by atoms with Crippen LogP contribution >= 0.6 is 0 Å². The fourth-order valence-electron chi connectivity index (χ4n) is 2.23. The predicted octanol–water partition coefficient (Wildman–Crippen LogP) is 2.49. The smallest absolute Gasteiger partial charge is 0.335 e. The number of halogens is 1. The second kappa shape index (κ2) is 3.38. The number of rotatable bonds is 1. The lowest BCUT2D eigenvalue weighted by molar-refractivity contribution is 0.0697. The van der Waals surface area contributed by atoms with Crippen LogP contribution in [0.3, 0.4) is 0 Å². The summed E-state index contributed by atoms with van der Waals surface area (Å²) >= 11 is 0. The van der Waals surface area contributed by atoms with Crippen molar-refractivity contribution >= 4 is 5.97 Å². The Morgan fingerprint density at radius 3 is 2.88 bits per heavy atom. The lowest BCUT2D eigenvalue weighted by Gasteiger charge is -2.02. The van der Waals surface area contributed by atoms with E-state index in [0.717, 1.165) is 16.7 Å². The highest BCUT2D eigenvalue weighted by Crippen LogP contribution is 2.37. The van der Waals surface area contributed by atoms with Gasteiger partial charge in [-0.2, -0.15) is 0 Å². The number of fused-ring (bicyclic) bond motifs is 3. The molecule has 3 nitrogen and oxygen atoms in total. The molecule has 1 aromatic carbocycles. The normalized spacial score (nSPS) is 12.1. The fraction of sp³-hybridized carbons (Fsp3) is 0.0769. The minimum atomic E-state index is -0.970. The molecule has 3 rings (SSSR count). The van der Waals surface area contributed by atoms with Crippen molar-refractivity contribution in [2.24, 2.45) is 0 Å². The van der Waals surface area contributed by atoms with Gasteiger partial charge in [0.1, 0.15) is 5.82 Å². The number of aromatic nitrogens is 1. The largest absolute Gasteiger partial charge is 0.478 e. The molecule has 0 radical (unpaired) electrons. The van der Waals surface area contributed by atoms with E-state index in [0.29, 0.717) is 12.0 Å². The van der Waals surface area contributed by atoms with Gasteiger partial charge < -0.3 is 5.11 Å². The average Bonchev–Trinajstić information content (AvgIpc) is 2.67. The number of pyridine rings is 1. The van der Waals surface area contributed by atoms with E-state index in [1.807, 2.05) is 0 Å². The van der Waals surface area contributed by atoms with Crippen LogP contribution in [0.25, 0.3) is 11.1 Å². The molecule has 0 saturated heterocycles. The number of aromatic carboxylic acids is 1. The van der Waals surface area contributed by atoms with E-state index in [2.05, 4.69) is 4.98 Å². The van der Waals surface area contributed by atoms with Crippen LogP contribution in [0.1, 0.15) is 21.5 Å². The summed E-state index contributed by atoms with van der Waals surface area (Å²) in [6.45, 7) is 0. The monoisotopic (exact) mass is 229 g/mol. The van der Waals surface area contributed by atoms with E-state index < -0.39 is 5.97 Å². The first kappa shape index (κ1) is 9.96. The molecule has 1 heterocycles. The Kier molecular flexibility index (Phi) is 1.98. The van der Waals surface area contributed by atoms with Crippen LogP contribution in [0.2, 0.25) is 0 Å². The second-order valence-electron chi connectivity index (χ2n) is 4.01. The average molecular weight is 229 g/mol. The van der Waals surface area contributed by atoms with Gasteiger partial charge in [-0.15, -0.1) is 0 Å². The van der Waals surface area contributed by atoms with E-state index in [-0.39, 0.29) is 11.4 Å². The zero-order valence-electron chi connectivity index (χ0n) is 8.77. The number of benzene rings is 1. The van der Waals surface area contributed by atoms with E-state index >= 15 is 0 Å². The van der Waals surface area contributed by atoms with Gasteiger partial charge in [-0.3, -0.25) is 4.98 Å². The topological polar surface area (TPSA) is 50.2 Å². The summed E-state index contributed by atoms with van der Waals surface area (Å²) in [5.41, 5.74) is 3.19. The molecular formula is C13H8FNO2. The Balaban J connectivity index is 2.21. The van der Waals surface area contributed by atoms with Gasteiger partial charge in [0, 0.05) is 18.2 Å². The van der Waals surface area contributed by atoms with Crippen molar-refractivity contribution in [2.45, 2.75) is 6.42 Å². The predicted molar refractivity (Wildman–Crippen MR) is 59.4 cm³/mol. The second-order valence-corrected chi connectivity index (χ2v) is 4.01. The highest BCUT2D eigenvalue weighted by molar-refractivity contribution is 5.90. The number of carboxylic acid groups (broad SMARTS) is 1. The highest BCUT2D eigenvalue weighted by atomic mass is 19.1. The number of carbonyl (C=O) groups is 1. The van der Waals surface area contributed by atoms with E-state index in [9.17, 15) is 9.18 Å². The number of hydrogen-bond donors (Lipinski definition) is 1. The lowest BCUT2D eigenvalue weighted by Crippen LogP contribution is -1.96. The van der Waals surface area contributed by atoms with Gasteiger partial charge in [-0.25, -0.2) is 9.18 Å². The number of nitrogens with zero attached hydrogens (tertiary/aromatic N) is 1. The first-order valence-corrected chi connectivity index (χ1v) is 5.16. The van der Waals surface area contributed by atoms with Crippen molar-refractivity contribution < 1.29 is 14.3 Å². The van der Waals surface area contributed by atoms with Crippen LogP contribution < -0.4 is 0 Å². The third-order valence-corrected chi connectivity index (χ3v) is 2.98. The molecule has 0 spiro atoms. The standard InChI is InChI=1S/C13H8FNO2/c14-11-6-15-5-9-4-8-3-7(13(16)17)1-2-10(8)12(9)11/h1-3,5-6H,4H2,(H,16,17). The summed E-state index contributed by atoms with van der Waals surface area (Å²) in [5, 5.41) is 8.90. The first-order valence-electron chi connectivity index (χ1n) is 5.16. The quantitative estimate of drug-likeness (QED) is 0.697. The van der Waals surface area contributed by atoms with E-state index in [4.69, 9.17) is 5.11 Å². The van der Waals surface area contributed by atoms with E-state index in [1.165, 1.54) is 12.3 Å². The molecule has 1 aliphatic carbocycles. The Bertz CT molecular complexity index is 637. The summed E-state index contributed by atoms with van der Waals surface area (Å²) in [4.78, 5) is 14.7. The number of hydrogen-bond acceptors (Lipinski definition) is 2. The molecule has 0 saturated carbocycles.